The number of carbonyl (C=O) groups is 1. The number of amides is 1. The molecule has 1 aliphatic carbocycles. The molecule has 0 unspecified atom stereocenters. The van der Waals surface area contributed by atoms with Gasteiger partial charge in [-0.1, -0.05) is 25.4 Å². The van der Waals surface area contributed by atoms with Crippen molar-refractivity contribution >= 4 is 17.7 Å². The molecule has 1 amide bonds. The van der Waals surface area contributed by atoms with Crippen LogP contribution in [0.5, 0.6) is 5.75 Å². The van der Waals surface area contributed by atoms with Crippen molar-refractivity contribution in [2.45, 2.75) is 52.7 Å². The second-order valence-electron chi connectivity index (χ2n) is 8.14. The molecule has 2 N–H and O–H groups in total. The third kappa shape index (κ3) is 4.09. The van der Waals surface area contributed by atoms with Crippen molar-refractivity contribution < 1.29 is 18.7 Å². The summed E-state index contributed by atoms with van der Waals surface area (Å²) in [4.78, 5) is 11.4. The maximum Gasteiger partial charge on any atom is 0.405 e. The molecular formula is C22H25ClFNO3. The lowest BCUT2D eigenvalue weighted by Gasteiger charge is -2.39. The highest BCUT2D eigenvalue weighted by Crippen LogP contribution is 2.47. The molecule has 0 bridgehead atoms. The predicted molar refractivity (Wildman–Crippen MR) is 108 cm³/mol. The third-order valence-corrected chi connectivity index (χ3v) is 5.41. The molecule has 2 aromatic carbocycles. The summed E-state index contributed by atoms with van der Waals surface area (Å²) in [7, 11) is 0. The lowest BCUT2D eigenvalue weighted by atomic mass is 9.71. The Hall–Kier alpha value is -2.27. The van der Waals surface area contributed by atoms with E-state index in [1.165, 1.54) is 6.07 Å². The molecule has 1 atom stereocenters. The van der Waals surface area contributed by atoms with Gasteiger partial charge in [-0.3, -0.25) is 0 Å². The predicted octanol–water partition coefficient (Wildman–Crippen LogP) is 6.04. The zero-order chi connectivity index (χ0) is 20.6. The van der Waals surface area contributed by atoms with Crippen LogP contribution in [0.1, 0.15) is 51.3 Å². The van der Waals surface area contributed by atoms with Crippen molar-refractivity contribution in [3.8, 4) is 16.9 Å². The highest BCUT2D eigenvalue weighted by molar-refractivity contribution is 6.33. The Kier molecular flexibility index (Phi) is 5.57. The first-order chi connectivity index (χ1) is 13.1. The van der Waals surface area contributed by atoms with E-state index in [1.54, 1.807) is 24.3 Å². The van der Waals surface area contributed by atoms with Gasteiger partial charge in [0.15, 0.2) is 0 Å². The fourth-order valence-electron chi connectivity index (χ4n) is 3.71. The molecule has 0 aromatic heterocycles. The number of nitrogens with two attached hydrogens (primary N) is 1. The summed E-state index contributed by atoms with van der Waals surface area (Å²) < 4.78 is 26.0. The van der Waals surface area contributed by atoms with E-state index in [-0.39, 0.29) is 11.5 Å². The average molecular weight is 406 g/mol. The molecule has 150 valence electrons. The molecule has 0 radical (unpaired) electrons. The fourth-order valence-corrected chi connectivity index (χ4v) is 3.98. The summed E-state index contributed by atoms with van der Waals surface area (Å²) in [5.41, 5.74) is 7.51. The number of ether oxygens (including phenoxy) is 2. The molecule has 4 nitrogen and oxygen atoms in total. The number of primary amides is 1. The van der Waals surface area contributed by atoms with Gasteiger partial charge in [0.2, 0.25) is 0 Å². The minimum Gasteiger partial charge on any atom is -0.491 e. The first-order valence-corrected chi connectivity index (χ1v) is 9.71. The number of benzene rings is 2. The zero-order valence-electron chi connectivity index (χ0n) is 16.5. The Labute approximate surface area is 169 Å². The Morgan fingerprint density at radius 3 is 2.57 bits per heavy atom. The molecule has 3 rings (SSSR count). The van der Waals surface area contributed by atoms with Crippen molar-refractivity contribution in [3.05, 3.63) is 52.3 Å². The number of fused-ring (bicyclic) bond motifs is 1. The molecule has 6 heteroatoms. The maximum atomic E-state index is 15.1. The standard InChI is InChI=1S/C22H25ClFNO3/c1-12(2)27-14-5-6-15(18(23)10-14)17-9-13-7-8-22(3,4)20(28-21(25)26)16(13)11-19(17)24/h5-6,9-12,20H,7-8H2,1-4H3,(H2,25,26)/t20-/m0/s1. The smallest absolute Gasteiger partial charge is 0.405 e. The maximum absolute atomic E-state index is 15.1. The minimum atomic E-state index is -0.862. The summed E-state index contributed by atoms with van der Waals surface area (Å²) in [5, 5.41) is 0.415. The van der Waals surface area contributed by atoms with Gasteiger partial charge in [-0.25, -0.2) is 9.18 Å². The monoisotopic (exact) mass is 405 g/mol. The van der Waals surface area contributed by atoms with Crippen molar-refractivity contribution in [1.29, 1.82) is 0 Å². The lowest BCUT2D eigenvalue weighted by molar-refractivity contribution is 0.0145. The van der Waals surface area contributed by atoms with Gasteiger partial charge in [0, 0.05) is 16.5 Å². The number of halogens is 2. The molecule has 2 aromatic rings. The summed E-state index contributed by atoms with van der Waals surface area (Å²) >= 11 is 6.41. The van der Waals surface area contributed by atoms with Crippen molar-refractivity contribution in [1.82, 2.24) is 0 Å². The number of aryl methyl sites for hydroxylation is 1. The van der Waals surface area contributed by atoms with Crippen LogP contribution in [0.4, 0.5) is 9.18 Å². The van der Waals surface area contributed by atoms with Gasteiger partial charge in [0.05, 0.1) is 11.1 Å². The van der Waals surface area contributed by atoms with Gasteiger partial charge in [-0.15, -0.1) is 0 Å². The Morgan fingerprint density at radius 1 is 1.25 bits per heavy atom. The molecule has 0 aliphatic heterocycles. The van der Waals surface area contributed by atoms with Gasteiger partial charge < -0.3 is 15.2 Å². The van der Waals surface area contributed by atoms with Crippen LogP contribution in [0, 0.1) is 11.2 Å². The van der Waals surface area contributed by atoms with Crippen LogP contribution in [0.2, 0.25) is 5.02 Å². The molecule has 1 aliphatic rings. The summed E-state index contributed by atoms with van der Waals surface area (Å²) in [6.45, 7) is 7.83. The summed E-state index contributed by atoms with van der Waals surface area (Å²) in [5.74, 6) is 0.215. The van der Waals surface area contributed by atoms with E-state index in [1.807, 2.05) is 27.7 Å². The van der Waals surface area contributed by atoms with Crippen molar-refractivity contribution in [3.63, 3.8) is 0 Å². The van der Waals surface area contributed by atoms with Gasteiger partial charge in [-0.05, 0) is 68.1 Å². The summed E-state index contributed by atoms with van der Waals surface area (Å²) in [6.07, 6.45) is 0.111. The van der Waals surface area contributed by atoms with Gasteiger partial charge >= 0.3 is 6.09 Å². The molecule has 0 spiro atoms. The molecule has 28 heavy (non-hydrogen) atoms. The van der Waals surface area contributed by atoms with E-state index in [0.29, 0.717) is 27.5 Å². The Morgan fingerprint density at radius 2 is 1.96 bits per heavy atom. The van der Waals surface area contributed by atoms with Crippen LogP contribution in [0.25, 0.3) is 11.1 Å². The number of rotatable bonds is 4. The van der Waals surface area contributed by atoms with Gasteiger partial charge in [0.25, 0.3) is 0 Å². The van der Waals surface area contributed by atoms with Gasteiger partial charge in [-0.2, -0.15) is 0 Å². The highest BCUT2D eigenvalue weighted by atomic mass is 35.5. The Balaban J connectivity index is 2.04. The zero-order valence-corrected chi connectivity index (χ0v) is 17.3. The highest BCUT2D eigenvalue weighted by Gasteiger charge is 2.39. The van der Waals surface area contributed by atoms with E-state index in [9.17, 15) is 4.79 Å². The van der Waals surface area contributed by atoms with Crippen LogP contribution in [-0.2, 0) is 11.2 Å². The van der Waals surface area contributed by atoms with Crippen LogP contribution in [-0.4, -0.2) is 12.2 Å². The lowest BCUT2D eigenvalue weighted by Crippen LogP contribution is -2.33. The van der Waals surface area contributed by atoms with Crippen molar-refractivity contribution in [2.75, 3.05) is 0 Å². The van der Waals surface area contributed by atoms with Crippen LogP contribution in [0.3, 0.4) is 0 Å². The second kappa shape index (κ2) is 7.63. The second-order valence-corrected chi connectivity index (χ2v) is 8.55. The SMILES string of the molecule is CC(C)Oc1ccc(-c2cc3c(cc2F)[C@H](OC(N)=O)C(C)(C)CC3)c(Cl)c1. The van der Waals surface area contributed by atoms with Crippen LogP contribution >= 0.6 is 11.6 Å². The normalized spacial score (nSPS) is 17.9. The molecular weight excluding hydrogens is 381 g/mol. The van der Waals surface area contributed by atoms with Crippen LogP contribution < -0.4 is 10.5 Å². The fraction of sp³-hybridized carbons (Fsp3) is 0.409. The van der Waals surface area contributed by atoms with E-state index in [0.717, 1.165) is 18.4 Å². The average Bonchev–Trinajstić information content (AvgIpc) is 2.57. The van der Waals surface area contributed by atoms with E-state index in [4.69, 9.17) is 26.8 Å². The Bertz CT molecular complexity index is 911. The third-order valence-electron chi connectivity index (χ3n) is 5.10. The van der Waals surface area contributed by atoms with E-state index < -0.39 is 18.0 Å². The summed E-state index contributed by atoms with van der Waals surface area (Å²) in [6, 6.07) is 8.46. The van der Waals surface area contributed by atoms with E-state index >= 15 is 4.39 Å². The molecule has 0 saturated carbocycles. The molecule has 0 saturated heterocycles. The number of hydrogen-bond donors (Lipinski definition) is 1. The van der Waals surface area contributed by atoms with Crippen molar-refractivity contribution in [2.24, 2.45) is 11.1 Å². The molecule has 0 heterocycles. The minimum absolute atomic E-state index is 0.0212. The van der Waals surface area contributed by atoms with E-state index in [2.05, 4.69) is 0 Å². The van der Waals surface area contributed by atoms with Gasteiger partial charge in [0.1, 0.15) is 17.7 Å². The number of carbonyl (C=O) groups excluding carboxylic acids is 1. The largest absolute Gasteiger partial charge is 0.491 e. The topological polar surface area (TPSA) is 61.6 Å². The quantitative estimate of drug-likeness (QED) is 0.674. The first-order valence-electron chi connectivity index (χ1n) is 9.33. The first kappa shape index (κ1) is 20.5. The van der Waals surface area contributed by atoms with Crippen LogP contribution in [0.15, 0.2) is 30.3 Å². The molecule has 0 fully saturated rings. The number of hydrogen-bond acceptors (Lipinski definition) is 3.